The van der Waals surface area contributed by atoms with E-state index in [4.69, 9.17) is 9.47 Å². The summed E-state index contributed by atoms with van der Waals surface area (Å²) in [6.07, 6.45) is 2.34. The van der Waals surface area contributed by atoms with E-state index < -0.39 is 11.1 Å². The highest BCUT2D eigenvalue weighted by molar-refractivity contribution is 9.10. The molecule has 192 valence electrons. The fraction of sp³-hybridized carbons (Fsp3) is 0.344. The van der Waals surface area contributed by atoms with E-state index in [0.29, 0.717) is 6.42 Å². The molecule has 3 aromatic rings. The number of anilines is 1. The van der Waals surface area contributed by atoms with Gasteiger partial charge in [0, 0.05) is 27.6 Å². The molecular weight excluding hydrogens is 526 g/mol. The second kappa shape index (κ2) is 9.05. The number of carbonyl (C=O) groups is 1. The van der Waals surface area contributed by atoms with Crippen LogP contribution in [0, 0.1) is 6.92 Å². The lowest BCUT2D eigenvalue weighted by atomic mass is 9.79. The van der Waals surface area contributed by atoms with Crippen molar-refractivity contribution in [3.63, 3.8) is 0 Å². The van der Waals surface area contributed by atoms with Gasteiger partial charge in [-0.3, -0.25) is 4.90 Å². The summed E-state index contributed by atoms with van der Waals surface area (Å²) in [5.41, 5.74) is 7.68. The van der Waals surface area contributed by atoms with Crippen molar-refractivity contribution in [1.82, 2.24) is 0 Å². The molecule has 0 N–H and O–H groups in total. The van der Waals surface area contributed by atoms with Crippen LogP contribution in [-0.4, -0.2) is 17.2 Å². The third kappa shape index (κ3) is 4.70. The van der Waals surface area contributed by atoms with Gasteiger partial charge in [-0.1, -0.05) is 52.3 Å². The topological polar surface area (TPSA) is 38.8 Å². The summed E-state index contributed by atoms with van der Waals surface area (Å²) < 4.78 is 13.7. The number of rotatable bonds is 2. The lowest BCUT2D eigenvalue weighted by Crippen LogP contribution is -2.51. The zero-order chi connectivity index (χ0) is 26.7. The van der Waals surface area contributed by atoms with Crippen LogP contribution in [0.5, 0.6) is 5.75 Å². The standard InChI is InChI=1S/C32H34BrNO3/c1-19-9-8-10-25-27(19)23-15-16-24-28(29(23)26(36-25)17-21-11-13-22(33)14-12-21)20(2)18-32(6,7)34(24)30(35)37-31(3,4)5/h8-16,18,26H,17H2,1-7H3. The molecule has 0 aliphatic carbocycles. The van der Waals surface area contributed by atoms with Crippen molar-refractivity contribution in [2.45, 2.75) is 72.1 Å². The predicted octanol–water partition coefficient (Wildman–Crippen LogP) is 9.04. The van der Waals surface area contributed by atoms with Crippen LogP contribution in [0.1, 0.15) is 69.9 Å². The van der Waals surface area contributed by atoms with Crippen molar-refractivity contribution in [3.05, 3.63) is 87.4 Å². The maximum absolute atomic E-state index is 13.6. The van der Waals surface area contributed by atoms with E-state index in [2.05, 4.69) is 98.2 Å². The summed E-state index contributed by atoms with van der Waals surface area (Å²) >= 11 is 3.55. The molecule has 2 heterocycles. The van der Waals surface area contributed by atoms with Crippen molar-refractivity contribution in [2.24, 2.45) is 0 Å². The van der Waals surface area contributed by atoms with Gasteiger partial charge in [0.25, 0.3) is 0 Å². The number of aryl methyl sites for hydroxylation is 1. The minimum absolute atomic E-state index is 0.203. The Balaban J connectivity index is 1.73. The van der Waals surface area contributed by atoms with Gasteiger partial charge in [0.2, 0.25) is 0 Å². The van der Waals surface area contributed by atoms with Crippen LogP contribution in [0.25, 0.3) is 16.7 Å². The number of benzene rings is 3. The molecule has 3 aromatic carbocycles. The first-order valence-electron chi connectivity index (χ1n) is 12.8. The normalized spacial score (nSPS) is 17.7. The number of allylic oxidation sites excluding steroid dienone is 1. The molecule has 0 spiro atoms. The van der Waals surface area contributed by atoms with Gasteiger partial charge in [0.1, 0.15) is 17.5 Å². The van der Waals surface area contributed by atoms with E-state index >= 15 is 0 Å². The van der Waals surface area contributed by atoms with Crippen LogP contribution in [-0.2, 0) is 11.2 Å². The fourth-order valence-electron chi connectivity index (χ4n) is 5.65. The van der Waals surface area contributed by atoms with Crippen molar-refractivity contribution < 1.29 is 14.3 Å². The van der Waals surface area contributed by atoms with Crippen molar-refractivity contribution >= 4 is 33.3 Å². The number of nitrogens with zero attached hydrogens (tertiary/aromatic N) is 1. The Morgan fingerprint density at radius 1 is 1.03 bits per heavy atom. The maximum atomic E-state index is 13.6. The van der Waals surface area contributed by atoms with Gasteiger partial charge < -0.3 is 9.47 Å². The quantitative estimate of drug-likeness (QED) is 0.314. The van der Waals surface area contributed by atoms with Crippen LogP contribution in [0.2, 0.25) is 0 Å². The van der Waals surface area contributed by atoms with Gasteiger partial charge >= 0.3 is 6.09 Å². The lowest BCUT2D eigenvalue weighted by molar-refractivity contribution is 0.0556. The molecule has 0 bridgehead atoms. The smallest absolute Gasteiger partial charge is 0.415 e. The average Bonchev–Trinajstić information content (AvgIpc) is 2.78. The molecule has 4 nitrogen and oxygen atoms in total. The molecule has 1 atom stereocenters. The Hall–Kier alpha value is -3.05. The van der Waals surface area contributed by atoms with Crippen LogP contribution in [0.3, 0.4) is 0 Å². The van der Waals surface area contributed by atoms with Gasteiger partial charge in [0.15, 0.2) is 0 Å². The second-order valence-electron chi connectivity index (χ2n) is 11.6. The van der Waals surface area contributed by atoms with Crippen LogP contribution in [0.4, 0.5) is 10.5 Å². The van der Waals surface area contributed by atoms with Gasteiger partial charge in [-0.05, 0) is 95.0 Å². The monoisotopic (exact) mass is 559 g/mol. The molecule has 5 heteroatoms. The second-order valence-corrected chi connectivity index (χ2v) is 12.5. The summed E-state index contributed by atoms with van der Waals surface area (Å²) in [7, 11) is 0. The number of fused-ring (bicyclic) bond motifs is 5. The van der Waals surface area contributed by atoms with Gasteiger partial charge in [0.05, 0.1) is 11.2 Å². The van der Waals surface area contributed by atoms with E-state index in [1.165, 1.54) is 11.1 Å². The molecule has 1 unspecified atom stereocenters. The van der Waals surface area contributed by atoms with Crippen molar-refractivity contribution in [2.75, 3.05) is 4.90 Å². The average molecular weight is 561 g/mol. The molecule has 0 radical (unpaired) electrons. The van der Waals surface area contributed by atoms with E-state index in [1.54, 1.807) is 4.90 Å². The van der Waals surface area contributed by atoms with Gasteiger partial charge in [-0.2, -0.15) is 0 Å². The van der Waals surface area contributed by atoms with Gasteiger partial charge in [-0.25, -0.2) is 4.79 Å². The SMILES string of the molecule is CC1=CC(C)(C)N(C(=O)OC(C)(C)C)c2ccc3c(c21)C(Cc1ccc(Br)cc1)Oc1cccc(C)c1-3. The summed E-state index contributed by atoms with van der Waals surface area (Å²) in [4.78, 5) is 15.4. The third-order valence-electron chi connectivity index (χ3n) is 7.01. The highest BCUT2D eigenvalue weighted by Crippen LogP contribution is 2.52. The zero-order valence-electron chi connectivity index (χ0n) is 22.6. The Morgan fingerprint density at radius 3 is 2.41 bits per heavy atom. The fourth-order valence-corrected chi connectivity index (χ4v) is 5.92. The Labute approximate surface area is 228 Å². The first-order valence-corrected chi connectivity index (χ1v) is 13.6. The van der Waals surface area contributed by atoms with E-state index in [1.807, 2.05) is 26.8 Å². The van der Waals surface area contributed by atoms with Crippen molar-refractivity contribution in [1.29, 1.82) is 0 Å². The highest BCUT2D eigenvalue weighted by Gasteiger charge is 2.41. The van der Waals surface area contributed by atoms with E-state index in [-0.39, 0.29) is 12.2 Å². The number of halogens is 1. The Morgan fingerprint density at radius 2 is 1.73 bits per heavy atom. The summed E-state index contributed by atoms with van der Waals surface area (Å²) in [6, 6.07) is 18.9. The Kier molecular flexibility index (Phi) is 6.26. The molecule has 0 aromatic heterocycles. The number of carbonyl (C=O) groups excluding carboxylic acids is 1. The third-order valence-corrected chi connectivity index (χ3v) is 7.54. The lowest BCUT2D eigenvalue weighted by Gasteiger charge is -2.44. The molecule has 0 saturated carbocycles. The minimum atomic E-state index is -0.596. The zero-order valence-corrected chi connectivity index (χ0v) is 24.2. The van der Waals surface area contributed by atoms with Crippen LogP contribution < -0.4 is 9.64 Å². The number of ether oxygens (including phenoxy) is 2. The van der Waals surface area contributed by atoms with E-state index in [0.717, 1.165) is 43.7 Å². The summed E-state index contributed by atoms with van der Waals surface area (Å²) in [5.74, 6) is 0.899. The first-order chi connectivity index (χ1) is 17.4. The van der Waals surface area contributed by atoms with Gasteiger partial charge in [-0.15, -0.1) is 0 Å². The molecular formula is C32H34BrNO3. The number of hydrogen-bond acceptors (Lipinski definition) is 3. The first kappa shape index (κ1) is 25.6. The molecule has 2 aliphatic heterocycles. The molecule has 2 aliphatic rings. The molecule has 37 heavy (non-hydrogen) atoms. The van der Waals surface area contributed by atoms with E-state index in [9.17, 15) is 4.79 Å². The number of amides is 1. The molecule has 0 saturated heterocycles. The number of hydrogen-bond donors (Lipinski definition) is 0. The van der Waals surface area contributed by atoms with Crippen LogP contribution >= 0.6 is 15.9 Å². The summed E-state index contributed by atoms with van der Waals surface area (Å²) in [6.45, 7) is 14.1. The molecule has 5 rings (SSSR count). The maximum Gasteiger partial charge on any atom is 0.415 e. The molecule has 0 fully saturated rings. The Bertz CT molecular complexity index is 1410. The summed E-state index contributed by atoms with van der Waals surface area (Å²) in [5, 5.41) is 0. The molecule has 1 amide bonds. The van der Waals surface area contributed by atoms with Crippen molar-refractivity contribution in [3.8, 4) is 16.9 Å². The predicted molar refractivity (Wildman–Crippen MR) is 154 cm³/mol. The van der Waals surface area contributed by atoms with Crippen LogP contribution in [0.15, 0.2) is 65.1 Å². The minimum Gasteiger partial charge on any atom is -0.485 e. The highest BCUT2D eigenvalue weighted by atomic mass is 79.9. The largest absolute Gasteiger partial charge is 0.485 e.